The molecular formula is C15H28N2O2. The SMILES string of the molecule is CN1CC(CO)C2(CCN(C3CCOCC3)CC2)C1. The van der Waals surface area contributed by atoms with Gasteiger partial charge in [-0.3, -0.25) is 0 Å². The van der Waals surface area contributed by atoms with E-state index in [1.807, 2.05) is 0 Å². The Labute approximate surface area is 116 Å². The van der Waals surface area contributed by atoms with Crippen molar-refractivity contribution in [2.75, 3.05) is 53.0 Å². The average molecular weight is 268 g/mol. The second kappa shape index (κ2) is 5.68. The Balaban J connectivity index is 1.59. The predicted molar refractivity (Wildman–Crippen MR) is 75.2 cm³/mol. The van der Waals surface area contributed by atoms with Crippen molar-refractivity contribution in [3.05, 3.63) is 0 Å². The molecule has 3 aliphatic rings. The molecule has 0 aromatic rings. The molecule has 1 N–H and O–H groups in total. The zero-order valence-corrected chi connectivity index (χ0v) is 12.2. The highest BCUT2D eigenvalue weighted by Crippen LogP contribution is 2.44. The van der Waals surface area contributed by atoms with Crippen LogP contribution in [0.1, 0.15) is 25.7 Å². The van der Waals surface area contributed by atoms with E-state index in [2.05, 4.69) is 16.8 Å². The first kappa shape index (κ1) is 13.8. The quantitative estimate of drug-likeness (QED) is 0.804. The summed E-state index contributed by atoms with van der Waals surface area (Å²) in [4.78, 5) is 5.09. The largest absolute Gasteiger partial charge is 0.396 e. The summed E-state index contributed by atoms with van der Waals surface area (Å²) in [6.07, 6.45) is 4.94. The molecule has 0 saturated carbocycles. The van der Waals surface area contributed by atoms with Crippen LogP contribution in [0.4, 0.5) is 0 Å². The Morgan fingerprint density at radius 2 is 1.89 bits per heavy atom. The first-order valence-electron chi connectivity index (χ1n) is 7.85. The Morgan fingerprint density at radius 1 is 1.21 bits per heavy atom. The summed E-state index contributed by atoms with van der Waals surface area (Å²) in [6.45, 7) is 6.93. The Morgan fingerprint density at radius 3 is 2.53 bits per heavy atom. The van der Waals surface area contributed by atoms with Crippen LogP contribution in [0.15, 0.2) is 0 Å². The fourth-order valence-corrected chi connectivity index (χ4v) is 4.50. The third-order valence-electron chi connectivity index (χ3n) is 5.70. The van der Waals surface area contributed by atoms with E-state index in [0.717, 1.165) is 25.8 Å². The van der Waals surface area contributed by atoms with Crippen LogP contribution in [0.2, 0.25) is 0 Å². The number of aliphatic hydroxyl groups is 1. The lowest BCUT2D eigenvalue weighted by atomic mass is 9.71. The summed E-state index contributed by atoms with van der Waals surface area (Å²) >= 11 is 0. The number of hydrogen-bond donors (Lipinski definition) is 1. The van der Waals surface area contributed by atoms with Crippen LogP contribution in [0.3, 0.4) is 0 Å². The van der Waals surface area contributed by atoms with Gasteiger partial charge in [0.05, 0.1) is 0 Å². The Hall–Kier alpha value is -0.160. The predicted octanol–water partition coefficient (Wildman–Crippen LogP) is 0.801. The Kier molecular flexibility index (Phi) is 4.13. The number of ether oxygens (including phenoxy) is 1. The van der Waals surface area contributed by atoms with Gasteiger partial charge in [0, 0.05) is 44.9 Å². The van der Waals surface area contributed by atoms with Gasteiger partial charge in [0.1, 0.15) is 0 Å². The lowest BCUT2D eigenvalue weighted by molar-refractivity contribution is -0.00719. The van der Waals surface area contributed by atoms with Crippen LogP contribution in [0, 0.1) is 11.3 Å². The summed E-state index contributed by atoms with van der Waals surface area (Å²) in [7, 11) is 2.20. The molecule has 3 fully saturated rings. The molecule has 0 bridgehead atoms. The third kappa shape index (κ3) is 2.68. The van der Waals surface area contributed by atoms with E-state index in [0.29, 0.717) is 17.9 Å². The molecule has 3 heterocycles. The van der Waals surface area contributed by atoms with Crippen molar-refractivity contribution in [2.45, 2.75) is 31.7 Å². The first-order chi connectivity index (χ1) is 9.23. The van der Waals surface area contributed by atoms with E-state index < -0.39 is 0 Å². The van der Waals surface area contributed by atoms with Crippen molar-refractivity contribution in [2.24, 2.45) is 11.3 Å². The maximum absolute atomic E-state index is 9.66. The highest BCUT2D eigenvalue weighted by Gasteiger charge is 2.47. The smallest absolute Gasteiger partial charge is 0.0480 e. The van der Waals surface area contributed by atoms with Crippen molar-refractivity contribution in [3.8, 4) is 0 Å². The molecule has 3 aliphatic heterocycles. The maximum Gasteiger partial charge on any atom is 0.0480 e. The molecule has 4 heteroatoms. The van der Waals surface area contributed by atoms with Gasteiger partial charge >= 0.3 is 0 Å². The van der Waals surface area contributed by atoms with E-state index in [4.69, 9.17) is 4.74 Å². The molecule has 1 spiro atoms. The van der Waals surface area contributed by atoms with E-state index in [9.17, 15) is 5.11 Å². The molecule has 0 radical (unpaired) electrons. The Bertz CT molecular complexity index is 297. The number of piperidine rings is 1. The van der Waals surface area contributed by atoms with Crippen LogP contribution >= 0.6 is 0 Å². The van der Waals surface area contributed by atoms with Crippen LogP contribution in [0.25, 0.3) is 0 Å². The van der Waals surface area contributed by atoms with Gasteiger partial charge < -0.3 is 19.6 Å². The van der Waals surface area contributed by atoms with Gasteiger partial charge in [0.15, 0.2) is 0 Å². The fourth-order valence-electron chi connectivity index (χ4n) is 4.50. The van der Waals surface area contributed by atoms with E-state index in [-0.39, 0.29) is 0 Å². The normalized spacial score (nSPS) is 34.1. The molecule has 0 aromatic heterocycles. The summed E-state index contributed by atoms with van der Waals surface area (Å²) in [6, 6.07) is 0.748. The van der Waals surface area contributed by atoms with Gasteiger partial charge in [-0.2, -0.15) is 0 Å². The molecule has 1 unspecified atom stereocenters. The van der Waals surface area contributed by atoms with Gasteiger partial charge in [0.25, 0.3) is 0 Å². The lowest BCUT2D eigenvalue weighted by Crippen LogP contribution is -2.49. The van der Waals surface area contributed by atoms with E-state index >= 15 is 0 Å². The minimum Gasteiger partial charge on any atom is -0.396 e. The van der Waals surface area contributed by atoms with Gasteiger partial charge in [-0.15, -0.1) is 0 Å². The highest BCUT2D eigenvalue weighted by atomic mass is 16.5. The number of hydrogen-bond acceptors (Lipinski definition) is 4. The van der Waals surface area contributed by atoms with Crippen molar-refractivity contribution in [1.29, 1.82) is 0 Å². The standard InChI is InChI=1S/C15H28N2O2/c1-16-10-13(11-18)15(12-16)4-6-17(7-5-15)14-2-8-19-9-3-14/h13-14,18H,2-12H2,1H3. The lowest BCUT2D eigenvalue weighted by Gasteiger charge is -2.45. The molecule has 3 rings (SSSR count). The van der Waals surface area contributed by atoms with E-state index in [1.54, 1.807) is 0 Å². The monoisotopic (exact) mass is 268 g/mol. The zero-order chi connectivity index (χ0) is 13.3. The van der Waals surface area contributed by atoms with Gasteiger partial charge in [-0.1, -0.05) is 0 Å². The zero-order valence-electron chi connectivity index (χ0n) is 12.2. The van der Waals surface area contributed by atoms with Crippen molar-refractivity contribution in [3.63, 3.8) is 0 Å². The molecule has 0 amide bonds. The average Bonchev–Trinajstić information content (AvgIpc) is 2.76. The molecule has 4 nitrogen and oxygen atoms in total. The number of aliphatic hydroxyl groups excluding tert-OH is 1. The van der Waals surface area contributed by atoms with E-state index in [1.165, 1.54) is 45.3 Å². The minimum absolute atomic E-state index is 0.363. The number of likely N-dealkylation sites (tertiary alicyclic amines) is 2. The van der Waals surface area contributed by atoms with Gasteiger partial charge in [0.2, 0.25) is 0 Å². The van der Waals surface area contributed by atoms with Crippen LogP contribution in [0.5, 0.6) is 0 Å². The maximum atomic E-state index is 9.66. The molecule has 0 aliphatic carbocycles. The van der Waals surface area contributed by atoms with Crippen molar-refractivity contribution < 1.29 is 9.84 Å². The van der Waals surface area contributed by atoms with Crippen LogP contribution in [-0.4, -0.2) is 74.0 Å². The van der Waals surface area contributed by atoms with Gasteiger partial charge in [-0.05, 0) is 51.2 Å². The van der Waals surface area contributed by atoms with Crippen molar-refractivity contribution >= 4 is 0 Å². The molecule has 110 valence electrons. The summed E-state index contributed by atoms with van der Waals surface area (Å²) in [5, 5.41) is 9.66. The molecule has 1 atom stereocenters. The third-order valence-corrected chi connectivity index (χ3v) is 5.70. The van der Waals surface area contributed by atoms with Gasteiger partial charge in [-0.25, -0.2) is 0 Å². The first-order valence-corrected chi connectivity index (χ1v) is 7.85. The summed E-state index contributed by atoms with van der Waals surface area (Å²) in [5.41, 5.74) is 0.394. The molecule has 3 saturated heterocycles. The summed E-state index contributed by atoms with van der Waals surface area (Å²) in [5.74, 6) is 0.495. The molecule has 19 heavy (non-hydrogen) atoms. The highest BCUT2D eigenvalue weighted by molar-refractivity contribution is 4.99. The molecular weight excluding hydrogens is 240 g/mol. The second-order valence-corrected chi connectivity index (χ2v) is 6.82. The molecule has 0 aromatic carbocycles. The number of nitrogens with zero attached hydrogens (tertiary/aromatic N) is 2. The van der Waals surface area contributed by atoms with Crippen molar-refractivity contribution in [1.82, 2.24) is 9.80 Å². The topological polar surface area (TPSA) is 35.9 Å². The number of rotatable bonds is 2. The van der Waals surface area contributed by atoms with Crippen LogP contribution in [-0.2, 0) is 4.74 Å². The fraction of sp³-hybridized carbons (Fsp3) is 1.00. The second-order valence-electron chi connectivity index (χ2n) is 6.82. The summed E-state index contributed by atoms with van der Waals surface area (Å²) < 4.78 is 5.47. The minimum atomic E-state index is 0.363. The van der Waals surface area contributed by atoms with Crippen LogP contribution < -0.4 is 0 Å².